The fourth-order valence-electron chi connectivity index (χ4n) is 3.13. The molecule has 1 aromatic carbocycles. The first kappa shape index (κ1) is 19.4. The Morgan fingerprint density at radius 3 is 2.64 bits per heavy atom. The van der Waals surface area contributed by atoms with Crippen molar-refractivity contribution in [1.29, 1.82) is 0 Å². The quantitative estimate of drug-likeness (QED) is 0.826. The highest BCUT2D eigenvalue weighted by atomic mass is 16.5. The molecule has 0 unspecified atom stereocenters. The Hall–Kier alpha value is -1.88. The molecule has 1 aromatic rings. The number of amides is 2. The van der Waals surface area contributed by atoms with Gasteiger partial charge in [0.15, 0.2) is 0 Å². The highest BCUT2D eigenvalue weighted by Gasteiger charge is 2.31. The number of benzene rings is 1. The zero-order valence-corrected chi connectivity index (χ0v) is 15.6. The normalized spacial score (nSPS) is 17.6. The molecule has 0 aliphatic carbocycles. The molecule has 0 aromatic heterocycles. The third-order valence-electron chi connectivity index (χ3n) is 4.57. The minimum Gasteiger partial charge on any atom is -0.374 e. The van der Waals surface area contributed by atoms with Crippen molar-refractivity contribution in [3.05, 3.63) is 35.4 Å². The van der Waals surface area contributed by atoms with E-state index in [4.69, 9.17) is 4.74 Å². The molecule has 138 valence electrons. The topological polar surface area (TPSA) is 58.6 Å². The molecule has 0 bridgehead atoms. The first-order valence-corrected chi connectivity index (χ1v) is 9.28. The van der Waals surface area contributed by atoms with E-state index in [1.807, 2.05) is 45.0 Å². The van der Waals surface area contributed by atoms with E-state index in [9.17, 15) is 9.59 Å². The molecule has 1 fully saturated rings. The van der Waals surface area contributed by atoms with Gasteiger partial charge in [0.05, 0.1) is 12.7 Å². The summed E-state index contributed by atoms with van der Waals surface area (Å²) in [5, 5.41) is 3.02. The average molecular weight is 346 g/mol. The number of hydrogen-bond acceptors (Lipinski definition) is 3. The number of ether oxygens (including phenoxy) is 1. The van der Waals surface area contributed by atoms with Crippen molar-refractivity contribution in [3.63, 3.8) is 0 Å². The molecule has 0 radical (unpaired) electrons. The molecule has 1 aliphatic heterocycles. The summed E-state index contributed by atoms with van der Waals surface area (Å²) in [7, 11) is 0. The standard InChI is InChI=1S/C20H30N2O3/c1-4-19(23)22-12-8-7-11-18(22)20(24)21-13-16-9-5-6-10-17(16)14-25-15(2)3/h5-6,9-10,15,18H,4,7-8,11-14H2,1-3H3,(H,21,24)/t18-/m0/s1. The van der Waals surface area contributed by atoms with Crippen LogP contribution in [-0.2, 0) is 27.5 Å². The van der Waals surface area contributed by atoms with Gasteiger partial charge < -0.3 is 15.0 Å². The first-order chi connectivity index (χ1) is 12.0. The second-order valence-corrected chi connectivity index (χ2v) is 6.80. The molecule has 1 heterocycles. The number of piperidine rings is 1. The van der Waals surface area contributed by atoms with Crippen LogP contribution in [0.5, 0.6) is 0 Å². The van der Waals surface area contributed by atoms with E-state index in [-0.39, 0.29) is 24.0 Å². The SMILES string of the molecule is CCC(=O)N1CCCC[C@H]1C(=O)NCc1ccccc1COC(C)C. The number of hydrogen-bond donors (Lipinski definition) is 1. The summed E-state index contributed by atoms with van der Waals surface area (Å²) >= 11 is 0. The number of nitrogens with zero attached hydrogens (tertiary/aromatic N) is 1. The molecule has 1 saturated heterocycles. The molecular weight excluding hydrogens is 316 g/mol. The molecule has 2 rings (SSSR count). The van der Waals surface area contributed by atoms with E-state index < -0.39 is 0 Å². The largest absolute Gasteiger partial charge is 0.374 e. The lowest BCUT2D eigenvalue weighted by Crippen LogP contribution is -2.51. The van der Waals surface area contributed by atoms with Gasteiger partial charge in [0.2, 0.25) is 11.8 Å². The zero-order chi connectivity index (χ0) is 18.2. The lowest BCUT2D eigenvalue weighted by Gasteiger charge is -2.34. The van der Waals surface area contributed by atoms with Crippen molar-refractivity contribution >= 4 is 11.8 Å². The number of carbonyl (C=O) groups excluding carboxylic acids is 2. The predicted octanol–water partition coefficient (Wildman–Crippen LogP) is 3.02. The van der Waals surface area contributed by atoms with E-state index in [0.717, 1.165) is 30.4 Å². The number of likely N-dealkylation sites (tertiary alicyclic amines) is 1. The predicted molar refractivity (Wildman–Crippen MR) is 97.9 cm³/mol. The minimum absolute atomic E-state index is 0.0546. The second kappa shape index (κ2) is 9.56. The second-order valence-electron chi connectivity index (χ2n) is 6.80. The third kappa shape index (κ3) is 5.56. The third-order valence-corrected chi connectivity index (χ3v) is 4.57. The number of nitrogens with one attached hydrogen (secondary N) is 1. The summed E-state index contributed by atoms with van der Waals surface area (Å²) in [6.45, 7) is 7.54. The first-order valence-electron chi connectivity index (χ1n) is 9.28. The molecule has 5 nitrogen and oxygen atoms in total. The average Bonchev–Trinajstić information content (AvgIpc) is 2.64. The Labute approximate surface area is 150 Å². The van der Waals surface area contributed by atoms with Crippen LogP contribution in [0.1, 0.15) is 57.6 Å². The summed E-state index contributed by atoms with van der Waals surface area (Å²) in [5.74, 6) is 0.00617. The smallest absolute Gasteiger partial charge is 0.243 e. The van der Waals surface area contributed by atoms with Gasteiger partial charge in [-0.1, -0.05) is 31.2 Å². The minimum atomic E-state index is -0.333. The molecule has 1 N–H and O–H groups in total. The van der Waals surface area contributed by atoms with Crippen molar-refractivity contribution in [2.24, 2.45) is 0 Å². The van der Waals surface area contributed by atoms with Gasteiger partial charge in [0.25, 0.3) is 0 Å². The molecule has 5 heteroatoms. The Bertz CT molecular complexity index is 586. The molecule has 25 heavy (non-hydrogen) atoms. The van der Waals surface area contributed by atoms with Crippen LogP contribution in [0.4, 0.5) is 0 Å². The molecule has 0 saturated carbocycles. The highest BCUT2D eigenvalue weighted by molar-refractivity contribution is 5.87. The lowest BCUT2D eigenvalue weighted by molar-refractivity contribution is -0.142. The van der Waals surface area contributed by atoms with Crippen LogP contribution in [0.25, 0.3) is 0 Å². The molecule has 2 amide bonds. The van der Waals surface area contributed by atoms with Crippen LogP contribution in [0, 0.1) is 0 Å². The fraction of sp³-hybridized carbons (Fsp3) is 0.600. The molecular formula is C20H30N2O3. The Morgan fingerprint density at radius 2 is 1.96 bits per heavy atom. The van der Waals surface area contributed by atoms with E-state index in [2.05, 4.69) is 5.32 Å². The number of carbonyl (C=O) groups is 2. The molecule has 1 aliphatic rings. The number of rotatable bonds is 7. The van der Waals surface area contributed by atoms with Crippen LogP contribution < -0.4 is 5.32 Å². The summed E-state index contributed by atoms with van der Waals surface area (Å²) in [6, 6.07) is 7.65. The van der Waals surface area contributed by atoms with Crippen LogP contribution >= 0.6 is 0 Å². The van der Waals surface area contributed by atoms with E-state index in [1.54, 1.807) is 4.90 Å². The van der Waals surface area contributed by atoms with Gasteiger partial charge in [0, 0.05) is 19.5 Å². The molecule has 0 spiro atoms. The van der Waals surface area contributed by atoms with Crippen LogP contribution in [-0.4, -0.2) is 35.4 Å². The van der Waals surface area contributed by atoms with Crippen LogP contribution in [0.2, 0.25) is 0 Å². The van der Waals surface area contributed by atoms with Crippen LogP contribution in [0.3, 0.4) is 0 Å². The highest BCUT2D eigenvalue weighted by Crippen LogP contribution is 2.19. The van der Waals surface area contributed by atoms with E-state index >= 15 is 0 Å². The maximum Gasteiger partial charge on any atom is 0.243 e. The van der Waals surface area contributed by atoms with Crippen molar-refractivity contribution in [2.45, 2.75) is 71.8 Å². The van der Waals surface area contributed by atoms with Gasteiger partial charge in [-0.05, 0) is 44.2 Å². The van der Waals surface area contributed by atoms with Crippen molar-refractivity contribution in [2.75, 3.05) is 6.54 Å². The van der Waals surface area contributed by atoms with Crippen molar-refractivity contribution in [3.8, 4) is 0 Å². The maximum absolute atomic E-state index is 12.6. The summed E-state index contributed by atoms with van der Waals surface area (Å²) in [4.78, 5) is 26.5. The van der Waals surface area contributed by atoms with Crippen molar-refractivity contribution < 1.29 is 14.3 Å². The van der Waals surface area contributed by atoms with Crippen LogP contribution in [0.15, 0.2) is 24.3 Å². The van der Waals surface area contributed by atoms with Gasteiger partial charge in [-0.3, -0.25) is 9.59 Å². The zero-order valence-electron chi connectivity index (χ0n) is 15.6. The van der Waals surface area contributed by atoms with Gasteiger partial charge in [-0.25, -0.2) is 0 Å². The monoisotopic (exact) mass is 346 g/mol. The Kier molecular flexibility index (Phi) is 7.44. The van der Waals surface area contributed by atoms with E-state index in [1.165, 1.54) is 0 Å². The molecule has 1 atom stereocenters. The summed E-state index contributed by atoms with van der Waals surface area (Å²) in [5.41, 5.74) is 2.14. The lowest BCUT2D eigenvalue weighted by atomic mass is 10.0. The Balaban J connectivity index is 1.98. The van der Waals surface area contributed by atoms with Gasteiger partial charge in [-0.2, -0.15) is 0 Å². The fourth-order valence-corrected chi connectivity index (χ4v) is 3.13. The van der Waals surface area contributed by atoms with Gasteiger partial charge in [0.1, 0.15) is 6.04 Å². The Morgan fingerprint density at radius 1 is 1.24 bits per heavy atom. The van der Waals surface area contributed by atoms with E-state index in [0.29, 0.717) is 26.1 Å². The van der Waals surface area contributed by atoms with Crippen molar-refractivity contribution in [1.82, 2.24) is 10.2 Å². The van der Waals surface area contributed by atoms with Gasteiger partial charge >= 0.3 is 0 Å². The summed E-state index contributed by atoms with van der Waals surface area (Å²) < 4.78 is 5.69. The van der Waals surface area contributed by atoms with Gasteiger partial charge in [-0.15, -0.1) is 0 Å². The summed E-state index contributed by atoms with van der Waals surface area (Å²) in [6.07, 6.45) is 3.32. The maximum atomic E-state index is 12.6.